The monoisotopic (exact) mass is 255 g/mol. The maximum absolute atomic E-state index is 4.61. The maximum Gasteiger partial charge on any atom is 0.0702 e. The second-order valence-corrected chi connectivity index (χ2v) is 5.44. The van der Waals surface area contributed by atoms with Crippen LogP contribution in [0, 0.1) is 0 Å². The van der Waals surface area contributed by atoms with Crippen LogP contribution in [-0.4, -0.2) is 4.98 Å². The summed E-state index contributed by atoms with van der Waals surface area (Å²) in [4.78, 5) is 4.61. The minimum Gasteiger partial charge on any atom is -0.256 e. The van der Waals surface area contributed by atoms with Crippen molar-refractivity contribution >= 4 is 10.9 Å². The van der Waals surface area contributed by atoms with Gasteiger partial charge in [0.15, 0.2) is 0 Å². The normalized spacial score (nSPS) is 12.7. The van der Waals surface area contributed by atoms with E-state index in [1.165, 1.54) is 49.5 Å². The van der Waals surface area contributed by atoms with Crippen molar-refractivity contribution in [1.29, 1.82) is 0 Å². The molecule has 2 rings (SSSR count). The highest BCUT2D eigenvalue weighted by molar-refractivity contribution is 5.78. The average Bonchev–Trinajstić information content (AvgIpc) is 2.46. The molecule has 0 spiro atoms. The summed E-state index contributed by atoms with van der Waals surface area (Å²) >= 11 is 0. The molecule has 0 saturated heterocycles. The third-order valence-electron chi connectivity index (χ3n) is 3.88. The lowest BCUT2D eigenvalue weighted by atomic mass is 9.90. The van der Waals surface area contributed by atoms with E-state index in [2.05, 4.69) is 55.4 Å². The van der Waals surface area contributed by atoms with Gasteiger partial charge in [0.05, 0.1) is 5.52 Å². The SMILES string of the molecule is CCCCCC(CCC)c1cnc2ccccc2c1. The number of aromatic nitrogens is 1. The Kier molecular flexibility index (Phi) is 5.38. The summed E-state index contributed by atoms with van der Waals surface area (Å²) < 4.78 is 0. The number of benzene rings is 1. The van der Waals surface area contributed by atoms with Crippen molar-refractivity contribution < 1.29 is 0 Å². The first-order valence-corrected chi connectivity index (χ1v) is 7.69. The minimum absolute atomic E-state index is 0.689. The Morgan fingerprint density at radius 3 is 2.63 bits per heavy atom. The van der Waals surface area contributed by atoms with Crippen LogP contribution >= 0.6 is 0 Å². The molecule has 1 atom stereocenters. The molecule has 0 aliphatic carbocycles. The fraction of sp³-hybridized carbons (Fsp3) is 0.500. The van der Waals surface area contributed by atoms with Gasteiger partial charge in [-0.2, -0.15) is 0 Å². The summed E-state index contributed by atoms with van der Waals surface area (Å²) in [5, 5.41) is 1.27. The lowest BCUT2D eigenvalue weighted by Crippen LogP contribution is -2.00. The van der Waals surface area contributed by atoms with Gasteiger partial charge in [-0.05, 0) is 36.5 Å². The fourth-order valence-corrected chi connectivity index (χ4v) is 2.78. The third-order valence-corrected chi connectivity index (χ3v) is 3.88. The van der Waals surface area contributed by atoms with Gasteiger partial charge in [0.1, 0.15) is 0 Å². The van der Waals surface area contributed by atoms with Gasteiger partial charge in [-0.15, -0.1) is 0 Å². The first kappa shape index (κ1) is 14.0. The largest absolute Gasteiger partial charge is 0.256 e. The molecular weight excluding hydrogens is 230 g/mol. The molecule has 1 unspecified atom stereocenters. The molecule has 1 heteroatoms. The lowest BCUT2D eigenvalue weighted by Gasteiger charge is -2.16. The smallest absolute Gasteiger partial charge is 0.0702 e. The van der Waals surface area contributed by atoms with Crippen LogP contribution in [-0.2, 0) is 0 Å². The quantitative estimate of drug-likeness (QED) is 0.578. The van der Waals surface area contributed by atoms with Crippen LogP contribution in [0.25, 0.3) is 10.9 Å². The van der Waals surface area contributed by atoms with Crippen LogP contribution in [0.2, 0.25) is 0 Å². The van der Waals surface area contributed by atoms with Crippen molar-refractivity contribution in [2.45, 2.75) is 58.3 Å². The summed E-state index contributed by atoms with van der Waals surface area (Å²) in [6.07, 6.45) is 9.92. The minimum atomic E-state index is 0.689. The Balaban J connectivity index is 2.17. The molecule has 0 amide bonds. The molecule has 102 valence electrons. The number of hydrogen-bond donors (Lipinski definition) is 0. The highest BCUT2D eigenvalue weighted by atomic mass is 14.6. The van der Waals surface area contributed by atoms with E-state index in [9.17, 15) is 0 Å². The number of unbranched alkanes of at least 4 members (excludes halogenated alkanes) is 2. The van der Waals surface area contributed by atoms with Gasteiger partial charge >= 0.3 is 0 Å². The summed E-state index contributed by atoms with van der Waals surface area (Å²) in [7, 11) is 0. The topological polar surface area (TPSA) is 12.9 Å². The van der Waals surface area contributed by atoms with Crippen molar-refractivity contribution in [1.82, 2.24) is 4.98 Å². The molecule has 19 heavy (non-hydrogen) atoms. The molecule has 0 aliphatic heterocycles. The summed E-state index contributed by atoms with van der Waals surface area (Å²) in [6, 6.07) is 10.7. The molecular formula is C18H25N. The number of rotatable bonds is 7. The van der Waals surface area contributed by atoms with E-state index in [-0.39, 0.29) is 0 Å². The van der Waals surface area contributed by atoms with Crippen LogP contribution in [0.4, 0.5) is 0 Å². The van der Waals surface area contributed by atoms with Crippen molar-refractivity contribution in [3.05, 3.63) is 42.1 Å². The second kappa shape index (κ2) is 7.28. The van der Waals surface area contributed by atoms with Crippen LogP contribution in [0.3, 0.4) is 0 Å². The number of hydrogen-bond acceptors (Lipinski definition) is 1. The van der Waals surface area contributed by atoms with Gasteiger partial charge in [-0.1, -0.05) is 57.7 Å². The summed E-state index contributed by atoms with van der Waals surface area (Å²) in [6.45, 7) is 4.55. The Labute approximate surface area is 117 Å². The Morgan fingerprint density at radius 2 is 1.84 bits per heavy atom. The zero-order chi connectivity index (χ0) is 13.5. The standard InChI is InChI=1S/C18H25N/c1-3-5-6-10-15(9-4-2)17-13-16-11-7-8-12-18(16)19-14-17/h7-8,11-15H,3-6,9-10H2,1-2H3. The molecule has 2 aromatic rings. The van der Waals surface area contributed by atoms with E-state index in [1.807, 2.05) is 0 Å². The van der Waals surface area contributed by atoms with Crippen LogP contribution < -0.4 is 0 Å². The van der Waals surface area contributed by atoms with E-state index in [0.717, 1.165) is 5.52 Å². The van der Waals surface area contributed by atoms with Crippen molar-refractivity contribution in [3.8, 4) is 0 Å². The molecule has 0 saturated carbocycles. The summed E-state index contributed by atoms with van der Waals surface area (Å²) in [5.41, 5.74) is 2.53. The third kappa shape index (κ3) is 3.79. The zero-order valence-electron chi connectivity index (χ0n) is 12.2. The average molecular weight is 255 g/mol. The highest BCUT2D eigenvalue weighted by Gasteiger charge is 2.11. The van der Waals surface area contributed by atoms with Gasteiger partial charge in [0, 0.05) is 11.6 Å². The molecule has 0 aliphatic rings. The second-order valence-electron chi connectivity index (χ2n) is 5.44. The molecule has 0 N–H and O–H groups in total. The van der Waals surface area contributed by atoms with Crippen LogP contribution in [0.1, 0.15) is 63.9 Å². The molecule has 1 aromatic carbocycles. The predicted octanol–water partition coefficient (Wildman–Crippen LogP) is 5.70. The van der Waals surface area contributed by atoms with E-state index >= 15 is 0 Å². The van der Waals surface area contributed by atoms with E-state index < -0.39 is 0 Å². The number of nitrogens with zero attached hydrogens (tertiary/aromatic N) is 1. The molecule has 0 radical (unpaired) electrons. The Bertz CT molecular complexity index is 504. The lowest BCUT2D eigenvalue weighted by molar-refractivity contribution is 0.528. The molecule has 0 bridgehead atoms. The molecule has 1 nitrogen and oxygen atoms in total. The molecule has 1 aromatic heterocycles. The predicted molar refractivity (Wildman–Crippen MR) is 83.5 cm³/mol. The number of para-hydroxylation sites is 1. The highest BCUT2D eigenvalue weighted by Crippen LogP contribution is 2.28. The van der Waals surface area contributed by atoms with Crippen molar-refractivity contribution in [2.24, 2.45) is 0 Å². The van der Waals surface area contributed by atoms with Crippen LogP contribution in [0.15, 0.2) is 36.5 Å². The molecule has 0 fully saturated rings. The molecule has 1 heterocycles. The Morgan fingerprint density at radius 1 is 1.00 bits per heavy atom. The van der Waals surface area contributed by atoms with Crippen molar-refractivity contribution in [3.63, 3.8) is 0 Å². The first-order valence-electron chi connectivity index (χ1n) is 7.69. The number of fused-ring (bicyclic) bond motifs is 1. The van der Waals surface area contributed by atoms with E-state index in [0.29, 0.717) is 5.92 Å². The van der Waals surface area contributed by atoms with Crippen LogP contribution in [0.5, 0.6) is 0 Å². The number of pyridine rings is 1. The zero-order valence-corrected chi connectivity index (χ0v) is 12.2. The van der Waals surface area contributed by atoms with E-state index in [1.54, 1.807) is 0 Å². The first-order chi connectivity index (χ1) is 9.35. The Hall–Kier alpha value is -1.37. The summed E-state index contributed by atoms with van der Waals surface area (Å²) in [5.74, 6) is 0.689. The van der Waals surface area contributed by atoms with Gasteiger partial charge in [-0.3, -0.25) is 4.98 Å². The fourth-order valence-electron chi connectivity index (χ4n) is 2.78. The van der Waals surface area contributed by atoms with E-state index in [4.69, 9.17) is 0 Å². The van der Waals surface area contributed by atoms with Crippen molar-refractivity contribution in [2.75, 3.05) is 0 Å². The van der Waals surface area contributed by atoms with Gasteiger partial charge in [0.2, 0.25) is 0 Å². The maximum atomic E-state index is 4.61. The van der Waals surface area contributed by atoms with Gasteiger partial charge < -0.3 is 0 Å². The van der Waals surface area contributed by atoms with Gasteiger partial charge in [-0.25, -0.2) is 0 Å². The van der Waals surface area contributed by atoms with Gasteiger partial charge in [0.25, 0.3) is 0 Å².